The normalized spacial score (nSPS) is 18.5. The average molecular weight is 402 g/mol. The quantitative estimate of drug-likeness (QED) is 0.583. The number of anilines is 1. The van der Waals surface area contributed by atoms with Gasteiger partial charge in [0.2, 0.25) is 11.8 Å². The lowest BCUT2D eigenvalue weighted by Gasteiger charge is -2.29. The Morgan fingerprint density at radius 3 is 2.77 bits per heavy atom. The number of H-pyrrole nitrogens is 1. The summed E-state index contributed by atoms with van der Waals surface area (Å²) >= 11 is 0. The highest BCUT2D eigenvalue weighted by Crippen LogP contribution is 2.30. The van der Waals surface area contributed by atoms with Crippen LogP contribution in [0.3, 0.4) is 0 Å². The Bertz CT molecular complexity index is 1230. The molecule has 1 unspecified atom stereocenters. The molecule has 5 rings (SSSR count). The molecule has 2 aliphatic rings. The standard InChI is InChI=1S/C22H18N4O4/c27-19-8-7-18(21(29)25-19)26-11-12-9-13(5-6-14(12)22(26)30)24-20(28)16-10-23-17-4-2-1-3-15(16)17/h1-6,9-10,18,23H,7-8,11H2,(H,24,28)(H,25,27,29). The number of nitrogens with one attached hydrogen (secondary N) is 3. The second kappa shape index (κ2) is 6.84. The van der Waals surface area contributed by atoms with Crippen LogP contribution in [0.5, 0.6) is 0 Å². The number of carbonyl (C=O) groups is 4. The first-order chi connectivity index (χ1) is 14.5. The van der Waals surface area contributed by atoms with Crippen molar-refractivity contribution in [3.05, 3.63) is 65.4 Å². The Morgan fingerprint density at radius 2 is 1.93 bits per heavy atom. The Kier molecular flexibility index (Phi) is 4.13. The van der Waals surface area contributed by atoms with E-state index in [1.165, 1.54) is 4.90 Å². The number of hydrogen-bond acceptors (Lipinski definition) is 4. The smallest absolute Gasteiger partial charge is 0.257 e. The lowest BCUT2D eigenvalue weighted by molar-refractivity contribution is -0.136. The monoisotopic (exact) mass is 402 g/mol. The van der Waals surface area contributed by atoms with Crippen LogP contribution in [0.25, 0.3) is 10.9 Å². The van der Waals surface area contributed by atoms with Crippen LogP contribution >= 0.6 is 0 Å². The van der Waals surface area contributed by atoms with Gasteiger partial charge < -0.3 is 15.2 Å². The van der Waals surface area contributed by atoms with Crippen molar-refractivity contribution in [1.82, 2.24) is 15.2 Å². The van der Waals surface area contributed by atoms with E-state index in [0.29, 0.717) is 23.2 Å². The number of fused-ring (bicyclic) bond motifs is 2. The van der Waals surface area contributed by atoms with E-state index in [0.717, 1.165) is 16.5 Å². The van der Waals surface area contributed by atoms with Crippen molar-refractivity contribution in [2.24, 2.45) is 0 Å². The number of benzene rings is 2. The van der Waals surface area contributed by atoms with E-state index in [9.17, 15) is 19.2 Å². The molecule has 1 atom stereocenters. The fourth-order valence-electron chi connectivity index (χ4n) is 4.11. The van der Waals surface area contributed by atoms with Crippen LogP contribution in [0.4, 0.5) is 5.69 Å². The van der Waals surface area contributed by atoms with E-state index in [-0.39, 0.29) is 30.7 Å². The molecule has 150 valence electrons. The molecule has 8 heteroatoms. The molecule has 30 heavy (non-hydrogen) atoms. The molecule has 0 bridgehead atoms. The zero-order chi connectivity index (χ0) is 20.8. The highest BCUT2D eigenvalue weighted by molar-refractivity contribution is 6.13. The maximum Gasteiger partial charge on any atom is 0.257 e. The number of imide groups is 1. The second-order valence-electron chi connectivity index (χ2n) is 7.47. The summed E-state index contributed by atoms with van der Waals surface area (Å²) in [5.74, 6) is -1.25. The number of nitrogens with zero attached hydrogens (tertiary/aromatic N) is 1. The summed E-state index contributed by atoms with van der Waals surface area (Å²) in [7, 11) is 0. The van der Waals surface area contributed by atoms with Crippen molar-refractivity contribution in [2.75, 3.05) is 5.32 Å². The van der Waals surface area contributed by atoms with Gasteiger partial charge in [0.05, 0.1) is 5.56 Å². The maximum absolute atomic E-state index is 12.8. The molecule has 3 N–H and O–H groups in total. The van der Waals surface area contributed by atoms with E-state index < -0.39 is 11.9 Å². The molecule has 1 fully saturated rings. The maximum atomic E-state index is 12.8. The largest absolute Gasteiger partial charge is 0.360 e. The van der Waals surface area contributed by atoms with Gasteiger partial charge in [-0.05, 0) is 36.2 Å². The molecule has 3 aromatic rings. The minimum absolute atomic E-state index is 0.211. The van der Waals surface area contributed by atoms with E-state index in [2.05, 4.69) is 15.6 Å². The first-order valence-corrected chi connectivity index (χ1v) is 9.66. The van der Waals surface area contributed by atoms with Crippen LogP contribution in [0.1, 0.15) is 39.1 Å². The number of aromatic amines is 1. The fraction of sp³-hybridized carbons (Fsp3) is 0.182. The number of aromatic nitrogens is 1. The van der Waals surface area contributed by atoms with E-state index in [4.69, 9.17) is 0 Å². The number of para-hydroxylation sites is 1. The first kappa shape index (κ1) is 18.1. The van der Waals surface area contributed by atoms with E-state index in [1.54, 1.807) is 24.4 Å². The van der Waals surface area contributed by atoms with Gasteiger partial charge in [0.25, 0.3) is 11.8 Å². The number of carbonyl (C=O) groups excluding carboxylic acids is 4. The van der Waals surface area contributed by atoms with Gasteiger partial charge in [-0.3, -0.25) is 24.5 Å². The second-order valence-corrected chi connectivity index (χ2v) is 7.47. The topological polar surface area (TPSA) is 111 Å². The molecule has 1 aromatic heterocycles. The van der Waals surface area contributed by atoms with E-state index in [1.807, 2.05) is 24.3 Å². The van der Waals surface area contributed by atoms with Gasteiger partial charge in [0, 0.05) is 41.3 Å². The molecular formula is C22H18N4O4. The van der Waals surface area contributed by atoms with Crippen molar-refractivity contribution >= 4 is 40.2 Å². The molecule has 0 radical (unpaired) electrons. The third kappa shape index (κ3) is 2.93. The molecule has 2 aliphatic heterocycles. The highest BCUT2D eigenvalue weighted by atomic mass is 16.2. The molecule has 8 nitrogen and oxygen atoms in total. The summed E-state index contributed by atoms with van der Waals surface area (Å²) < 4.78 is 0. The number of piperidine rings is 1. The number of amides is 4. The van der Waals surface area contributed by atoms with Crippen LogP contribution in [0, 0.1) is 0 Å². The molecule has 0 saturated carbocycles. The van der Waals surface area contributed by atoms with Gasteiger partial charge in [-0.15, -0.1) is 0 Å². The molecular weight excluding hydrogens is 384 g/mol. The van der Waals surface area contributed by atoms with Crippen LogP contribution < -0.4 is 10.6 Å². The third-order valence-electron chi connectivity index (χ3n) is 5.62. The third-order valence-corrected chi connectivity index (χ3v) is 5.62. The number of rotatable bonds is 3. The molecule has 2 aromatic carbocycles. The zero-order valence-corrected chi connectivity index (χ0v) is 15.9. The van der Waals surface area contributed by atoms with Crippen LogP contribution in [0.2, 0.25) is 0 Å². The minimum Gasteiger partial charge on any atom is -0.360 e. The van der Waals surface area contributed by atoms with Crippen molar-refractivity contribution in [3.63, 3.8) is 0 Å². The number of hydrogen-bond donors (Lipinski definition) is 3. The molecule has 1 saturated heterocycles. The lowest BCUT2D eigenvalue weighted by Crippen LogP contribution is -2.52. The lowest BCUT2D eigenvalue weighted by atomic mass is 10.0. The fourth-order valence-corrected chi connectivity index (χ4v) is 4.11. The van der Waals surface area contributed by atoms with Crippen LogP contribution in [-0.4, -0.2) is 39.6 Å². The predicted molar refractivity (Wildman–Crippen MR) is 109 cm³/mol. The van der Waals surface area contributed by atoms with Crippen molar-refractivity contribution < 1.29 is 19.2 Å². The van der Waals surface area contributed by atoms with Gasteiger partial charge in [0.1, 0.15) is 6.04 Å². The van der Waals surface area contributed by atoms with Gasteiger partial charge >= 0.3 is 0 Å². The van der Waals surface area contributed by atoms with Crippen LogP contribution in [-0.2, 0) is 16.1 Å². The summed E-state index contributed by atoms with van der Waals surface area (Å²) in [5, 5.41) is 6.00. The summed E-state index contributed by atoms with van der Waals surface area (Å²) in [6.07, 6.45) is 2.19. The molecule has 3 heterocycles. The van der Waals surface area contributed by atoms with Gasteiger partial charge in [-0.1, -0.05) is 18.2 Å². The summed E-state index contributed by atoms with van der Waals surface area (Å²) in [6, 6.07) is 12.0. The summed E-state index contributed by atoms with van der Waals surface area (Å²) in [5.41, 5.74) is 3.22. The average Bonchev–Trinajstić information content (AvgIpc) is 3.29. The Balaban J connectivity index is 1.36. The zero-order valence-electron chi connectivity index (χ0n) is 15.9. The van der Waals surface area contributed by atoms with E-state index >= 15 is 0 Å². The Morgan fingerprint density at radius 1 is 1.10 bits per heavy atom. The Hall–Kier alpha value is -3.94. The SMILES string of the molecule is O=C1CCC(N2Cc3cc(NC(=O)c4c[nH]c5ccccc45)ccc3C2=O)C(=O)N1. The van der Waals surface area contributed by atoms with Gasteiger partial charge in [0.15, 0.2) is 0 Å². The molecule has 0 aliphatic carbocycles. The van der Waals surface area contributed by atoms with Gasteiger partial charge in [-0.2, -0.15) is 0 Å². The minimum atomic E-state index is -0.660. The molecule has 0 spiro atoms. The molecule has 4 amide bonds. The van der Waals surface area contributed by atoms with Crippen molar-refractivity contribution in [3.8, 4) is 0 Å². The summed E-state index contributed by atoms with van der Waals surface area (Å²) in [4.78, 5) is 53.6. The summed E-state index contributed by atoms with van der Waals surface area (Å²) in [6.45, 7) is 0.261. The van der Waals surface area contributed by atoms with Gasteiger partial charge in [-0.25, -0.2) is 0 Å². The van der Waals surface area contributed by atoms with Crippen LogP contribution in [0.15, 0.2) is 48.7 Å². The Labute approximate surface area is 171 Å². The predicted octanol–water partition coefficient (Wildman–Crippen LogP) is 2.18. The van der Waals surface area contributed by atoms with Crippen molar-refractivity contribution in [1.29, 1.82) is 0 Å². The first-order valence-electron chi connectivity index (χ1n) is 9.66. The highest BCUT2D eigenvalue weighted by Gasteiger charge is 2.39. The van der Waals surface area contributed by atoms with Crippen molar-refractivity contribution in [2.45, 2.75) is 25.4 Å².